The van der Waals surface area contributed by atoms with E-state index in [4.69, 9.17) is 5.84 Å². The van der Waals surface area contributed by atoms with Crippen molar-refractivity contribution in [3.05, 3.63) is 11.9 Å². The van der Waals surface area contributed by atoms with Crippen LogP contribution in [0, 0.1) is 0 Å². The van der Waals surface area contributed by atoms with Gasteiger partial charge in [-0.1, -0.05) is 13.8 Å². The molecule has 1 aromatic rings. The molecule has 0 radical (unpaired) electrons. The van der Waals surface area contributed by atoms with E-state index in [1.807, 2.05) is 13.8 Å². The molecule has 1 saturated heterocycles. The molecule has 0 aliphatic carbocycles. The van der Waals surface area contributed by atoms with E-state index < -0.39 is 9.84 Å². The molecule has 0 saturated carbocycles. The first kappa shape index (κ1) is 15.0. The number of hydrogen-bond acceptors (Lipinski definition) is 7. The smallest absolute Gasteiger partial charge is 0.150 e. The summed E-state index contributed by atoms with van der Waals surface area (Å²) in [6.07, 6.45) is 1.21. The lowest BCUT2D eigenvalue weighted by Gasteiger charge is -2.24. The van der Waals surface area contributed by atoms with Gasteiger partial charge < -0.3 is 10.7 Å². The van der Waals surface area contributed by atoms with E-state index in [1.165, 1.54) is 0 Å². The number of sulfone groups is 1. The van der Waals surface area contributed by atoms with Gasteiger partial charge in [-0.15, -0.1) is 0 Å². The van der Waals surface area contributed by atoms with Gasteiger partial charge in [0.1, 0.15) is 27.3 Å². The van der Waals surface area contributed by atoms with Crippen LogP contribution in [0.15, 0.2) is 6.07 Å². The number of nitrogen functional groups attached to an aromatic ring is 1. The molecule has 20 heavy (non-hydrogen) atoms. The second-order valence-corrected chi connectivity index (χ2v) is 7.67. The molecule has 0 unspecified atom stereocenters. The summed E-state index contributed by atoms with van der Waals surface area (Å²) in [4.78, 5) is 8.73. The van der Waals surface area contributed by atoms with Crippen LogP contribution in [0.25, 0.3) is 0 Å². The summed E-state index contributed by atoms with van der Waals surface area (Å²) in [5.41, 5.74) is 2.53. The van der Waals surface area contributed by atoms with Crippen molar-refractivity contribution in [2.75, 3.05) is 22.2 Å². The van der Waals surface area contributed by atoms with E-state index in [0.717, 1.165) is 0 Å². The molecule has 0 spiro atoms. The Morgan fingerprint density at radius 3 is 2.40 bits per heavy atom. The fourth-order valence-electron chi connectivity index (χ4n) is 2.12. The molecular formula is C12H21N5O2S. The molecule has 0 aromatic carbocycles. The van der Waals surface area contributed by atoms with Crippen molar-refractivity contribution in [1.29, 1.82) is 0 Å². The van der Waals surface area contributed by atoms with Crippen LogP contribution in [-0.2, 0) is 9.84 Å². The first-order chi connectivity index (χ1) is 9.39. The molecule has 0 atom stereocenters. The van der Waals surface area contributed by atoms with Crippen LogP contribution < -0.4 is 16.6 Å². The van der Waals surface area contributed by atoms with E-state index in [1.54, 1.807) is 6.07 Å². The molecule has 0 amide bonds. The summed E-state index contributed by atoms with van der Waals surface area (Å²) in [5.74, 6) is 7.99. The van der Waals surface area contributed by atoms with Gasteiger partial charge in [-0.3, -0.25) is 0 Å². The predicted molar refractivity (Wildman–Crippen MR) is 79.2 cm³/mol. The van der Waals surface area contributed by atoms with Crippen molar-refractivity contribution in [1.82, 2.24) is 9.97 Å². The van der Waals surface area contributed by atoms with Crippen molar-refractivity contribution >= 4 is 21.5 Å². The summed E-state index contributed by atoms with van der Waals surface area (Å²) in [6.45, 7) is 4.01. The van der Waals surface area contributed by atoms with Crippen molar-refractivity contribution in [2.45, 2.75) is 38.6 Å². The summed E-state index contributed by atoms with van der Waals surface area (Å²) in [5, 5.41) is 3.28. The minimum Gasteiger partial charge on any atom is -0.367 e. The normalized spacial score (nSPS) is 19.0. The highest BCUT2D eigenvalue weighted by Crippen LogP contribution is 2.20. The average Bonchev–Trinajstić information content (AvgIpc) is 2.41. The first-order valence-corrected chi connectivity index (χ1v) is 8.54. The van der Waals surface area contributed by atoms with Crippen LogP contribution in [0.5, 0.6) is 0 Å². The second kappa shape index (κ2) is 5.92. The Kier molecular flexibility index (Phi) is 4.44. The molecule has 0 bridgehead atoms. The molecule has 7 nitrogen and oxygen atoms in total. The highest BCUT2D eigenvalue weighted by molar-refractivity contribution is 7.91. The molecule has 1 aliphatic heterocycles. The van der Waals surface area contributed by atoms with Gasteiger partial charge in [-0.05, 0) is 12.8 Å². The maximum absolute atomic E-state index is 11.4. The third-order valence-electron chi connectivity index (χ3n) is 3.31. The zero-order valence-electron chi connectivity index (χ0n) is 11.8. The van der Waals surface area contributed by atoms with Gasteiger partial charge in [0.05, 0.1) is 11.5 Å². The lowest BCUT2D eigenvalue weighted by Crippen LogP contribution is -2.32. The number of nitrogens with one attached hydrogen (secondary N) is 2. The van der Waals surface area contributed by atoms with Gasteiger partial charge in [0, 0.05) is 18.0 Å². The average molecular weight is 299 g/mol. The SMILES string of the molecule is CC(C)c1nc(NN)cc(NC2CCS(=O)(=O)CC2)n1. The third kappa shape index (κ3) is 3.80. The number of anilines is 2. The lowest BCUT2D eigenvalue weighted by molar-refractivity contribution is 0.558. The maximum atomic E-state index is 11.4. The Morgan fingerprint density at radius 1 is 1.25 bits per heavy atom. The van der Waals surface area contributed by atoms with Crippen LogP contribution in [0.1, 0.15) is 38.4 Å². The van der Waals surface area contributed by atoms with Gasteiger partial charge in [0.15, 0.2) is 0 Å². The van der Waals surface area contributed by atoms with Gasteiger partial charge in [-0.2, -0.15) is 0 Å². The Bertz CT molecular complexity index is 559. The number of hydrazine groups is 1. The summed E-state index contributed by atoms with van der Waals surface area (Å²) in [7, 11) is -2.85. The molecule has 112 valence electrons. The zero-order chi connectivity index (χ0) is 14.8. The largest absolute Gasteiger partial charge is 0.367 e. The van der Waals surface area contributed by atoms with Crippen molar-refractivity contribution in [2.24, 2.45) is 5.84 Å². The zero-order valence-corrected chi connectivity index (χ0v) is 12.6. The molecular weight excluding hydrogens is 278 g/mol. The van der Waals surface area contributed by atoms with Crippen LogP contribution in [0.4, 0.5) is 11.6 Å². The topological polar surface area (TPSA) is 110 Å². The Balaban J connectivity index is 2.11. The molecule has 4 N–H and O–H groups in total. The van der Waals surface area contributed by atoms with Crippen molar-refractivity contribution in [3.8, 4) is 0 Å². The van der Waals surface area contributed by atoms with Gasteiger partial charge in [0.25, 0.3) is 0 Å². The van der Waals surface area contributed by atoms with Gasteiger partial charge >= 0.3 is 0 Å². The van der Waals surface area contributed by atoms with Gasteiger partial charge in [-0.25, -0.2) is 24.2 Å². The minimum absolute atomic E-state index is 0.124. The van der Waals surface area contributed by atoms with Crippen molar-refractivity contribution in [3.63, 3.8) is 0 Å². The first-order valence-electron chi connectivity index (χ1n) is 6.72. The van der Waals surface area contributed by atoms with E-state index >= 15 is 0 Å². The monoisotopic (exact) mass is 299 g/mol. The molecule has 1 aliphatic rings. The maximum Gasteiger partial charge on any atom is 0.150 e. The number of hydrogen-bond donors (Lipinski definition) is 3. The standard InChI is InChI=1S/C12H21N5O2S/c1-8(2)12-15-10(7-11(16-12)17-13)14-9-3-5-20(18,19)6-4-9/h7-9H,3-6,13H2,1-2H3,(H2,14,15,16,17). The fraction of sp³-hybridized carbons (Fsp3) is 0.667. The third-order valence-corrected chi connectivity index (χ3v) is 5.03. The van der Waals surface area contributed by atoms with Gasteiger partial charge in [0.2, 0.25) is 0 Å². The Hall–Kier alpha value is -1.41. The highest BCUT2D eigenvalue weighted by Gasteiger charge is 2.24. The molecule has 2 heterocycles. The van der Waals surface area contributed by atoms with E-state index in [9.17, 15) is 8.42 Å². The number of nitrogens with two attached hydrogens (primary N) is 1. The van der Waals surface area contributed by atoms with E-state index in [0.29, 0.717) is 30.3 Å². The van der Waals surface area contributed by atoms with Crippen LogP contribution >= 0.6 is 0 Å². The number of rotatable bonds is 4. The van der Waals surface area contributed by atoms with E-state index in [2.05, 4.69) is 20.7 Å². The molecule has 2 rings (SSSR count). The fourth-order valence-corrected chi connectivity index (χ4v) is 3.61. The quantitative estimate of drug-likeness (QED) is 0.559. The number of aromatic nitrogens is 2. The summed E-state index contributed by atoms with van der Waals surface area (Å²) < 4.78 is 22.8. The van der Waals surface area contributed by atoms with Crippen LogP contribution in [0.3, 0.4) is 0 Å². The molecule has 1 aromatic heterocycles. The molecule has 8 heteroatoms. The highest BCUT2D eigenvalue weighted by atomic mass is 32.2. The van der Waals surface area contributed by atoms with Crippen molar-refractivity contribution < 1.29 is 8.42 Å². The minimum atomic E-state index is -2.85. The number of nitrogens with zero attached hydrogens (tertiary/aromatic N) is 2. The predicted octanol–water partition coefficient (Wildman–Crippen LogP) is 0.875. The Labute approximate surface area is 119 Å². The molecule has 1 fully saturated rings. The summed E-state index contributed by atoms with van der Waals surface area (Å²) in [6, 6.07) is 1.86. The Morgan fingerprint density at radius 2 is 1.85 bits per heavy atom. The second-order valence-electron chi connectivity index (χ2n) is 5.37. The van der Waals surface area contributed by atoms with Crippen LogP contribution in [-0.4, -0.2) is 35.9 Å². The van der Waals surface area contributed by atoms with E-state index in [-0.39, 0.29) is 23.5 Å². The summed E-state index contributed by atoms with van der Waals surface area (Å²) >= 11 is 0. The lowest BCUT2D eigenvalue weighted by atomic mass is 10.1. The van der Waals surface area contributed by atoms with Crippen LogP contribution in [0.2, 0.25) is 0 Å².